The third kappa shape index (κ3) is 3.29. The lowest BCUT2D eigenvalue weighted by molar-refractivity contribution is -0.125. The van der Waals surface area contributed by atoms with Crippen LogP contribution >= 0.6 is 0 Å². The number of hydrogen-bond donors (Lipinski definition) is 1. The highest BCUT2D eigenvalue weighted by molar-refractivity contribution is 6.07. The third-order valence-corrected chi connectivity index (χ3v) is 4.62. The first-order valence-corrected chi connectivity index (χ1v) is 8.75. The quantitative estimate of drug-likeness (QED) is 0.558. The summed E-state index contributed by atoms with van der Waals surface area (Å²) in [7, 11) is 1.75. The molecular formula is C21H17N3O4. The van der Waals surface area contributed by atoms with Crippen LogP contribution in [0.1, 0.15) is 32.1 Å². The molecule has 0 unspecified atom stereocenters. The van der Waals surface area contributed by atoms with E-state index in [1.807, 2.05) is 12.1 Å². The first-order valence-electron chi connectivity index (χ1n) is 8.75. The van der Waals surface area contributed by atoms with Crippen LogP contribution in [-0.4, -0.2) is 33.3 Å². The van der Waals surface area contributed by atoms with Gasteiger partial charge in [0, 0.05) is 37.1 Å². The Kier molecular flexibility index (Phi) is 4.49. The van der Waals surface area contributed by atoms with Crippen LogP contribution in [-0.2, 0) is 23.0 Å². The smallest absolute Gasteiger partial charge is 0.339 e. The van der Waals surface area contributed by atoms with E-state index in [4.69, 9.17) is 4.74 Å². The molecule has 3 aromatic rings. The fourth-order valence-electron chi connectivity index (χ4n) is 3.12. The molecule has 0 saturated heterocycles. The zero-order valence-electron chi connectivity index (χ0n) is 15.1. The average Bonchev–Trinajstić information content (AvgIpc) is 3.14. The number of anilines is 1. The molecule has 0 saturated carbocycles. The van der Waals surface area contributed by atoms with Crippen molar-refractivity contribution in [3.05, 3.63) is 83.4 Å². The maximum Gasteiger partial charge on any atom is 0.339 e. The number of fused-ring (bicyclic) bond motifs is 1. The molecule has 1 atom stereocenters. The molecule has 0 fully saturated rings. The summed E-state index contributed by atoms with van der Waals surface area (Å²) in [4.78, 5) is 41.0. The van der Waals surface area contributed by atoms with Gasteiger partial charge in [-0.05, 0) is 35.9 Å². The van der Waals surface area contributed by atoms with Gasteiger partial charge in [-0.15, -0.1) is 0 Å². The molecule has 1 amide bonds. The average molecular weight is 375 g/mol. The van der Waals surface area contributed by atoms with Gasteiger partial charge in [-0.1, -0.05) is 18.2 Å². The van der Waals surface area contributed by atoms with Crippen molar-refractivity contribution in [2.45, 2.75) is 12.5 Å². The molecule has 7 heteroatoms. The van der Waals surface area contributed by atoms with Crippen molar-refractivity contribution in [3.63, 3.8) is 0 Å². The van der Waals surface area contributed by atoms with E-state index in [2.05, 4.69) is 10.3 Å². The molecule has 140 valence electrons. The van der Waals surface area contributed by atoms with Crippen molar-refractivity contribution < 1.29 is 19.1 Å². The number of cyclic esters (lactones) is 1. The number of rotatable bonds is 4. The number of hydrogen-bond acceptors (Lipinski definition) is 5. The van der Waals surface area contributed by atoms with Gasteiger partial charge in [0.05, 0.1) is 5.56 Å². The number of ether oxygens (including phenoxy) is 1. The Morgan fingerprint density at radius 1 is 1.14 bits per heavy atom. The fraction of sp³-hybridized carbons (Fsp3) is 0.143. The number of amides is 1. The maximum absolute atomic E-state index is 12.5. The van der Waals surface area contributed by atoms with Crippen LogP contribution in [0.3, 0.4) is 0 Å². The number of ketones is 1. The van der Waals surface area contributed by atoms with Gasteiger partial charge in [-0.25, -0.2) is 9.78 Å². The molecule has 1 N–H and O–H groups in total. The Labute approximate surface area is 161 Å². The zero-order chi connectivity index (χ0) is 19.7. The van der Waals surface area contributed by atoms with Gasteiger partial charge >= 0.3 is 5.97 Å². The molecule has 0 spiro atoms. The first kappa shape index (κ1) is 17.7. The number of aromatic nitrogens is 2. The highest BCUT2D eigenvalue weighted by atomic mass is 16.5. The normalized spacial score (nSPS) is 15.5. The zero-order valence-corrected chi connectivity index (χ0v) is 15.1. The lowest BCUT2D eigenvalue weighted by Crippen LogP contribution is -2.37. The monoisotopic (exact) mass is 375 g/mol. The summed E-state index contributed by atoms with van der Waals surface area (Å²) in [6.45, 7) is 0. The van der Waals surface area contributed by atoms with Crippen molar-refractivity contribution in [1.82, 2.24) is 9.55 Å². The van der Waals surface area contributed by atoms with Crippen molar-refractivity contribution >= 4 is 23.3 Å². The second kappa shape index (κ2) is 7.11. The maximum atomic E-state index is 12.5. The number of benzene rings is 2. The molecule has 1 aromatic heterocycles. The summed E-state index contributed by atoms with van der Waals surface area (Å²) in [5, 5.41) is 2.73. The first-order chi connectivity index (χ1) is 13.5. The van der Waals surface area contributed by atoms with E-state index in [0.717, 1.165) is 5.56 Å². The molecule has 1 aliphatic heterocycles. The van der Waals surface area contributed by atoms with Gasteiger partial charge in [0.2, 0.25) is 5.78 Å². The summed E-state index contributed by atoms with van der Waals surface area (Å²) in [5.74, 6) is -0.781. The van der Waals surface area contributed by atoms with Crippen LogP contribution in [0.15, 0.2) is 60.9 Å². The predicted molar refractivity (Wildman–Crippen MR) is 101 cm³/mol. The van der Waals surface area contributed by atoms with Crippen molar-refractivity contribution in [1.29, 1.82) is 0 Å². The van der Waals surface area contributed by atoms with E-state index < -0.39 is 18.0 Å². The van der Waals surface area contributed by atoms with E-state index in [1.54, 1.807) is 60.4 Å². The van der Waals surface area contributed by atoms with Crippen molar-refractivity contribution in [2.24, 2.45) is 7.05 Å². The standard InChI is InChI=1S/C21H17N3O4/c1-24-11-10-22-19(24)18(25)13-6-8-15(9-7-13)23-20(26)17-12-14-4-2-3-5-16(14)21(27)28-17/h2-11,17H,12H2,1H3,(H,23,26)/t17-/m1/s1. The fourth-order valence-corrected chi connectivity index (χ4v) is 3.12. The van der Waals surface area contributed by atoms with Crippen LogP contribution in [0.2, 0.25) is 0 Å². The molecular weight excluding hydrogens is 358 g/mol. The number of nitrogens with zero attached hydrogens (tertiary/aromatic N) is 2. The van der Waals surface area contributed by atoms with Crippen LogP contribution in [0.25, 0.3) is 0 Å². The summed E-state index contributed by atoms with van der Waals surface area (Å²) in [6, 6.07) is 13.6. The molecule has 4 rings (SSSR count). The summed E-state index contributed by atoms with van der Waals surface area (Å²) in [6.07, 6.45) is 2.69. The Bertz CT molecular complexity index is 1070. The second-order valence-corrected chi connectivity index (χ2v) is 6.51. The van der Waals surface area contributed by atoms with Gasteiger partial charge in [0.1, 0.15) is 0 Å². The van der Waals surface area contributed by atoms with E-state index in [0.29, 0.717) is 29.1 Å². The third-order valence-electron chi connectivity index (χ3n) is 4.62. The van der Waals surface area contributed by atoms with Crippen molar-refractivity contribution in [3.8, 4) is 0 Å². The lowest BCUT2D eigenvalue weighted by atomic mass is 9.98. The largest absolute Gasteiger partial charge is 0.448 e. The van der Waals surface area contributed by atoms with E-state index in [1.165, 1.54) is 0 Å². The Morgan fingerprint density at radius 3 is 2.61 bits per heavy atom. The highest BCUT2D eigenvalue weighted by Crippen LogP contribution is 2.22. The molecule has 28 heavy (non-hydrogen) atoms. The number of imidazole rings is 1. The van der Waals surface area contributed by atoms with Gasteiger partial charge in [-0.2, -0.15) is 0 Å². The summed E-state index contributed by atoms with van der Waals surface area (Å²) < 4.78 is 6.90. The number of carbonyl (C=O) groups excluding carboxylic acids is 3. The van der Waals surface area contributed by atoms with E-state index in [-0.39, 0.29) is 5.78 Å². The predicted octanol–water partition coefficient (Wildman–Crippen LogP) is 2.37. The number of aryl methyl sites for hydroxylation is 1. The lowest BCUT2D eigenvalue weighted by Gasteiger charge is -2.23. The molecule has 2 aromatic carbocycles. The molecule has 0 bridgehead atoms. The topological polar surface area (TPSA) is 90.3 Å². The van der Waals surface area contributed by atoms with Crippen LogP contribution in [0, 0.1) is 0 Å². The number of esters is 1. The Balaban J connectivity index is 1.45. The minimum atomic E-state index is -0.892. The van der Waals surface area contributed by atoms with E-state index in [9.17, 15) is 14.4 Å². The molecule has 0 radical (unpaired) electrons. The minimum Gasteiger partial charge on any atom is -0.448 e. The van der Waals surface area contributed by atoms with Gasteiger partial charge in [-0.3, -0.25) is 9.59 Å². The molecule has 1 aliphatic rings. The van der Waals surface area contributed by atoms with Gasteiger partial charge < -0.3 is 14.6 Å². The number of nitrogens with one attached hydrogen (secondary N) is 1. The van der Waals surface area contributed by atoms with Crippen LogP contribution in [0.5, 0.6) is 0 Å². The SMILES string of the molecule is Cn1ccnc1C(=O)c1ccc(NC(=O)[C@H]2Cc3ccccc3C(=O)O2)cc1. The van der Waals surface area contributed by atoms with Crippen LogP contribution < -0.4 is 5.32 Å². The van der Waals surface area contributed by atoms with Crippen molar-refractivity contribution in [2.75, 3.05) is 5.32 Å². The molecule has 7 nitrogen and oxygen atoms in total. The summed E-state index contributed by atoms with van der Waals surface area (Å²) in [5.41, 5.74) is 2.25. The van der Waals surface area contributed by atoms with Crippen LogP contribution in [0.4, 0.5) is 5.69 Å². The Morgan fingerprint density at radius 2 is 1.89 bits per heavy atom. The molecule has 2 heterocycles. The van der Waals surface area contributed by atoms with Gasteiger partial charge in [0.15, 0.2) is 11.9 Å². The minimum absolute atomic E-state index is 0.205. The van der Waals surface area contributed by atoms with Gasteiger partial charge in [0.25, 0.3) is 5.91 Å². The second-order valence-electron chi connectivity index (χ2n) is 6.51. The number of carbonyl (C=O) groups is 3. The summed E-state index contributed by atoms with van der Waals surface area (Å²) >= 11 is 0. The molecule has 0 aliphatic carbocycles. The van der Waals surface area contributed by atoms with E-state index >= 15 is 0 Å². The highest BCUT2D eigenvalue weighted by Gasteiger charge is 2.31. The Hall–Kier alpha value is -3.74.